The molecule has 1 aromatic heterocycles. The zero-order chi connectivity index (χ0) is 17.2. The number of fused-ring (bicyclic) bond motifs is 1. The molecule has 1 aromatic carbocycles. The molecule has 0 amide bonds. The van der Waals surface area contributed by atoms with Crippen molar-refractivity contribution < 1.29 is 18.3 Å². The maximum absolute atomic E-state index is 12.3. The molecule has 6 nitrogen and oxygen atoms in total. The molecule has 3 rings (SSSR count). The first-order chi connectivity index (χ1) is 11.4. The summed E-state index contributed by atoms with van der Waals surface area (Å²) in [7, 11) is -2.11. The maximum atomic E-state index is 12.3. The molecule has 0 aliphatic heterocycles. The molecule has 0 fully saturated rings. The van der Waals surface area contributed by atoms with Gasteiger partial charge in [0, 0.05) is 18.9 Å². The molecular formula is C17H20N2O4S. The van der Waals surface area contributed by atoms with Gasteiger partial charge >= 0.3 is 0 Å². The number of aromatic nitrogens is 1. The smallest absolute Gasteiger partial charge is 0.242 e. The Hall–Kier alpha value is -1.96. The Morgan fingerprint density at radius 2 is 2.21 bits per heavy atom. The molecule has 1 aliphatic rings. The summed E-state index contributed by atoms with van der Waals surface area (Å²) in [5.74, 6) is 0.731. The molecule has 0 spiro atoms. The minimum Gasteiger partial charge on any atom is -0.497 e. The summed E-state index contributed by atoms with van der Waals surface area (Å²) in [6.45, 7) is -0.0798. The van der Waals surface area contributed by atoms with Gasteiger partial charge in [-0.1, -0.05) is 6.07 Å². The largest absolute Gasteiger partial charge is 0.497 e. The highest BCUT2D eigenvalue weighted by molar-refractivity contribution is 7.89. The molecule has 0 bridgehead atoms. The summed E-state index contributed by atoms with van der Waals surface area (Å²) in [4.78, 5) is 3.91. The fraction of sp³-hybridized carbons (Fsp3) is 0.353. The van der Waals surface area contributed by atoms with Crippen molar-refractivity contribution >= 4 is 10.0 Å². The molecule has 7 heteroatoms. The van der Waals surface area contributed by atoms with Crippen LogP contribution in [0.2, 0.25) is 0 Å². The van der Waals surface area contributed by atoms with E-state index < -0.39 is 15.6 Å². The number of sulfonamides is 1. The Morgan fingerprint density at radius 3 is 2.92 bits per heavy atom. The normalized spacial score (nSPS) is 20.4. The molecule has 0 unspecified atom stereocenters. The van der Waals surface area contributed by atoms with Crippen LogP contribution in [0.5, 0.6) is 5.75 Å². The highest BCUT2D eigenvalue weighted by Crippen LogP contribution is 2.36. The summed E-state index contributed by atoms with van der Waals surface area (Å²) in [6.07, 6.45) is 4.92. The Bertz CT molecular complexity index is 824. The van der Waals surface area contributed by atoms with Gasteiger partial charge < -0.3 is 9.84 Å². The molecule has 0 saturated carbocycles. The number of nitrogens with one attached hydrogen (secondary N) is 1. The van der Waals surface area contributed by atoms with E-state index in [1.807, 2.05) is 12.1 Å². The molecule has 1 aliphatic carbocycles. The van der Waals surface area contributed by atoms with Crippen LogP contribution in [0.3, 0.4) is 0 Å². The number of hydrogen-bond acceptors (Lipinski definition) is 5. The number of hydrogen-bond donors (Lipinski definition) is 2. The molecule has 0 radical (unpaired) electrons. The Balaban J connectivity index is 1.83. The van der Waals surface area contributed by atoms with Crippen molar-refractivity contribution in [2.45, 2.75) is 29.8 Å². The predicted molar refractivity (Wildman–Crippen MR) is 89.3 cm³/mol. The first kappa shape index (κ1) is 16.9. The second-order valence-corrected chi connectivity index (χ2v) is 7.69. The second kappa shape index (κ2) is 6.51. The minimum absolute atomic E-state index is 0.0798. The Kier molecular flexibility index (Phi) is 4.58. The van der Waals surface area contributed by atoms with Crippen LogP contribution >= 0.6 is 0 Å². The lowest BCUT2D eigenvalue weighted by Gasteiger charge is -2.34. The van der Waals surface area contributed by atoms with Crippen molar-refractivity contribution in [1.29, 1.82) is 0 Å². The average Bonchev–Trinajstić information content (AvgIpc) is 2.61. The zero-order valence-electron chi connectivity index (χ0n) is 13.4. The topological polar surface area (TPSA) is 88.5 Å². The molecule has 1 atom stereocenters. The number of ether oxygens (including phenoxy) is 1. The van der Waals surface area contributed by atoms with Crippen LogP contribution < -0.4 is 9.46 Å². The zero-order valence-corrected chi connectivity index (χ0v) is 14.2. The van der Waals surface area contributed by atoms with Crippen LogP contribution in [0.1, 0.15) is 24.0 Å². The number of methoxy groups -OCH3 is 1. The van der Waals surface area contributed by atoms with Crippen molar-refractivity contribution in [3.63, 3.8) is 0 Å². The van der Waals surface area contributed by atoms with Gasteiger partial charge in [0.15, 0.2) is 0 Å². The van der Waals surface area contributed by atoms with E-state index in [-0.39, 0.29) is 11.4 Å². The number of nitrogens with zero attached hydrogens (tertiary/aromatic N) is 1. The second-order valence-electron chi connectivity index (χ2n) is 5.92. The number of pyridine rings is 1. The quantitative estimate of drug-likeness (QED) is 0.857. The fourth-order valence-electron chi connectivity index (χ4n) is 3.05. The molecule has 0 saturated heterocycles. The van der Waals surface area contributed by atoms with E-state index in [2.05, 4.69) is 9.71 Å². The molecule has 2 N–H and O–H groups in total. The predicted octanol–water partition coefficient (Wildman–Crippen LogP) is 1.59. The lowest BCUT2D eigenvalue weighted by Crippen LogP contribution is -2.42. The number of benzene rings is 1. The van der Waals surface area contributed by atoms with Crippen LogP contribution in [-0.2, 0) is 22.0 Å². The van der Waals surface area contributed by atoms with Gasteiger partial charge in [0.1, 0.15) is 16.2 Å². The van der Waals surface area contributed by atoms with E-state index in [0.29, 0.717) is 6.42 Å². The van der Waals surface area contributed by atoms with Gasteiger partial charge in [-0.15, -0.1) is 0 Å². The van der Waals surface area contributed by atoms with E-state index in [1.54, 1.807) is 19.2 Å². The van der Waals surface area contributed by atoms with Gasteiger partial charge in [-0.2, -0.15) is 0 Å². The highest BCUT2D eigenvalue weighted by Gasteiger charge is 2.35. The van der Waals surface area contributed by atoms with Gasteiger partial charge in [-0.25, -0.2) is 13.1 Å². The summed E-state index contributed by atoms with van der Waals surface area (Å²) in [6, 6.07) is 8.52. The summed E-state index contributed by atoms with van der Waals surface area (Å²) < 4.78 is 32.4. The number of aryl methyl sites for hydroxylation is 1. The standard InChI is InChI=1S/C17H20N2O4S/c1-23-14-6-7-16-13(10-14)4-2-8-17(16,20)12-19-24(21,22)15-5-3-9-18-11-15/h3,5-7,9-11,19-20H,2,4,8,12H2,1H3/t17-/m1/s1. The van der Waals surface area contributed by atoms with Gasteiger partial charge in [0.25, 0.3) is 0 Å². The molecule has 2 aromatic rings. The minimum atomic E-state index is -3.71. The number of aliphatic hydroxyl groups is 1. The summed E-state index contributed by atoms with van der Waals surface area (Å²) in [5, 5.41) is 11.0. The summed E-state index contributed by atoms with van der Waals surface area (Å²) in [5.41, 5.74) is 0.516. The maximum Gasteiger partial charge on any atom is 0.242 e. The van der Waals surface area contributed by atoms with Crippen molar-refractivity contribution in [1.82, 2.24) is 9.71 Å². The first-order valence-electron chi connectivity index (χ1n) is 7.74. The Morgan fingerprint density at radius 1 is 1.38 bits per heavy atom. The van der Waals surface area contributed by atoms with Crippen LogP contribution in [0.15, 0.2) is 47.6 Å². The van der Waals surface area contributed by atoms with Crippen LogP contribution in [0.25, 0.3) is 0 Å². The van der Waals surface area contributed by atoms with Crippen LogP contribution in [0, 0.1) is 0 Å². The molecule has 128 valence electrons. The lowest BCUT2D eigenvalue weighted by atomic mass is 9.79. The first-order valence-corrected chi connectivity index (χ1v) is 9.22. The molecular weight excluding hydrogens is 328 g/mol. The van der Waals surface area contributed by atoms with Crippen molar-refractivity contribution in [3.8, 4) is 5.75 Å². The van der Waals surface area contributed by atoms with E-state index in [1.165, 1.54) is 18.5 Å². The third-order valence-electron chi connectivity index (χ3n) is 4.35. The van der Waals surface area contributed by atoms with E-state index >= 15 is 0 Å². The highest BCUT2D eigenvalue weighted by atomic mass is 32.2. The van der Waals surface area contributed by atoms with Gasteiger partial charge in [-0.05, 0) is 54.7 Å². The SMILES string of the molecule is COc1ccc2c(c1)CCC[C@@]2(O)CNS(=O)(=O)c1cccnc1. The van der Waals surface area contributed by atoms with E-state index in [9.17, 15) is 13.5 Å². The number of rotatable bonds is 5. The summed E-state index contributed by atoms with van der Waals surface area (Å²) >= 11 is 0. The van der Waals surface area contributed by atoms with Gasteiger partial charge in [0.2, 0.25) is 10.0 Å². The van der Waals surface area contributed by atoms with Gasteiger partial charge in [-0.3, -0.25) is 4.98 Å². The van der Waals surface area contributed by atoms with Crippen LogP contribution in [0.4, 0.5) is 0 Å². The van der Waals surface area contributed by atoms with Gasteiger partial charge in [0.05, 0.1) is 7.11 Å². The van der Waals surface area contributed by atoms with Crippen molar-refractivity contribution in [3.05, 3.63) is 53.9 Å². The van der Waals surface area contributed by atoms with E-state index in [0.717, 1.165) is 29.7 Å². The third-order valence-corrected chi connectivity index (χ3v) is 5.74. The molecule has 24 heavy (non-hydrogen) atoms. The van der Waals surface area contributed by atoms with E-state index in [4.69, 9.17) is 4.74 Å². The van der Waals surface area contributed by atoms with Crippen LogP contribution in [-0.4, -0.2) is 32.2 Å². The average molecular weight is 348 g/mol. The Labute approximate surface area is 141 Å². The monoisotopic (exact) mass is 348 g/mol. The van der Waals surface area contributed by atoms with Crippen molar-refractivity contribution in [2.75, 3.05) is 13.7 Å². The third kappa shape index (κ3) is 3.28. The van der Waals surface area contributed by atoms with Crippen molar-refractivity contribution in [2.24, 2.45) is 0 Å². The lowest BCUT2D eigenvalue weighted by molar-refractivity contribution is 0.0242. The fourth-order valence-corrected chi connectivity index (χ4v) is 4.10. The molecule has 1 heterocycles.